The van der Waals surface area contributed by atoms with Gasteiger partial charge in [-0.05, 0) is 31.2 Å². The average Bonchev–Trinajstić information content (AvgIpc) is 3.02. The third-order valence-electron chi connectivity index (χ3n) is 3.58. The molecule has 3 N–H and O–H groups in total. The summed E-state index contributed by atoms with van der Waals surface area (Å²) in [5.74, 6) is 0.350. The summed E-state index contributed by atoms with van der Waals surface area (Å²) in [6.07, 6.45) is 0. The number of carbonyl (C=O) groups is 2. The van der Waals surface area contributed by atoms with Crippen molar-refractivity contribution >= 4 is 39.8 Å². The van der Waals surface area contributed by atoms with Gasteiger partial charge in [-0.1, -0.05) is 35.6 Å². The Morgan fingerprint density at radius 1 is 0.963 bits per heavy atom. The topological polar surface area (TPSA) is 92.4 Å². The molecule has 0 saturated carbocycles. The SMILES string of the molecule is COc1cccc(NC(=O)c2sc(NC(=O)Nc3ccccc3)nc2C)c1. The maximum Gasteiger partial charge on any atom is 0.325 e. The highest BCUT2D eigenvalue weighted by Gasteiger charge is 2.17. The van der Waals surface area contributed by atoms with E-state index in [0.29, 0.717) is 32.8 Å². The van der Waals surface area contributed by atoms with Crippen molar-refractivity contribution in [3.8, 4) is 5.75 Å². The fraction of sp³-hybridized carbons (Fsp3) is 0.105. The van der Waals surface area contributed by atoms with E-state index in [1.165, 1.54) is 0 Å². The second kappa shape index (κ2) is 8.33. The van der Waals surface area contributed by atoms with Crippen LogP contribution < -0.4 is 20.7 Å². The van der Waals surface area contributed by atoms with Gasteiger partial charge in [0, 0.05) is 17.4 Å². The summed E-state index contributed by atoms with van der Waals surface area (Å²) in [7, 11) is 1.56. The lowest BCUT2D eigenvalue weighted by Crippen LogP contribution is -2.19. The molecule has 0 aliphatic rings. The number of methoxy groups -OCH3 is 1. The van der Waals surface area contributed by atoms with Crippen LogP contribution in [0.5, 0.6) is 5.75 Å². The van der Waals surface area contributed by atoms with E-state index in [9.17, 15) is 9.59 Å². The molecule has 138 valence electrons. The lowest BCUT2D eigenvalue weighted by molar-refractivity contribution is 0.103. The molecule has 2 aromatic carbocycles. The lowest BCUT2D eigenvalue weighted by Gasteiger charge is -2.06. The van der Waals surface area contributed by atoms with Gasteiger partial charge in [0.05, 0.1) is 12.8 Å². The summed E-state index contributed by atoms with van der Waals surface area (Å²) in [5.41, 5.74) is 1.82. The zero-order chi connectivity index (χ0) is 19.2. The maximum atomic E-state index is 12.5. The Morgan fingerprint density at radius 3 is 2.44 bits per heavy atom. The Bertz CT molecular complexity index is 957. The van der Waals surface area contributed by atoms with Crippen LogP contribution in [0.3, 0.4) is 0 Å². The second-order valence-electron chi connectivity index (χ2n) is 5.56. The van der Waals surface area contributed by atoms with E-state index in [2.05, 4.69) is 20.9 Å². The molecule has 3 aromatic rings. The number of aryl methyl sites for hydroxylation is 1. The van der Waals surface area contributed by atoms with Gasteiger partial charge in [0.15, 0.2) is 5.13 Å². The third kappa shape index (κ3) is 4.83. The van der Waals surface area contributed by atoms with Crippen molar-refractivity contribution in [1.29, 1.82) is 0 Å². The quantitative estimate of drug-likeness (QED) is 0.611. The van der Waals surface area contributed by atoms with Crippen molar-refractivity contribution in [3.05, 3.63) is 65.2 Å². The van der Waals surface area contributed by atoms with Crippen LogP contribution >= 0.6 is 11.3 Å². The zero-order valence-corrected chi connectivity index (χ0v) is 15.6. The number of carbonyl (C=O) groups excluding carboxylic acids is 2. The largest absolute Gasteiger partial charge is 0.497 e. The highest BCUT2D eigenvalue weighted by Crippen LogP contribution is 2.25. The molecule has 0 bridgehead atoms. The average molecular weight is 382 g/mol. The van der Waals surface area contributed by atoms with Crippen molar-refractivity contribution in [2.75, 3.05) is 23.1 Å². The number of rotatable bonds is 5. The van der Waals surface area contributed by atoms with Crippen LogP contribution in [-0.2, 0) is 0 Å². The van der Waals surface area contributed by atoms with Gasteiger partial charge in [-0.2, -0.15) is 0 Å². The molecule has 0 saturated heterocycles. The van der Waals surface area contributed by atoms with E-state index in [4.69, 9.17) is 4.74 Å². The van der Waals surface area contributed by atoms with Gasteiger partial charge in [0.25, 0.3) is 5.91 Å². The molecule has 0 aliphatic carbocycles. The molecule has 27 heavy (non-hydrogen) atoms. The summed E-state index contributed by atoms with van der Waals surface area (Å²) < 4.78 is 5.15. The number of benzene rings is 2. The van der Waals surface area contributed by atoms with Crippen molar-refractivity contribution in [2.45, 2.75) is 6.92 Å². The molecular weight excluding hydrogens is 364 g/mol. The maximum absolute atomic E-state index is 12.5. The molecule has 0 atom stereocenters. The molecule has 0 spiro atoms. The smallest absolute Gasteiger partial charge is 0.325 e. The molecular formula is C19H18N4O3S. The predicted molar refractivity (Wildman–Crippen MR) is 107 cm³/mol. The van der Waals surface area contributed by atoms with Crippen LogP contribution in [0.25, 0.3) is 0 Å². The van der Waals surface area contributed by atoms with Gasteiger partial charge < -0.3 is 15.4 Å². The number of urea groups is 1. The van der Waals surface area contributed by atoms with Crippen LogP contribution in [0.1, 0.15) is 15.4 Å². The minimum atomic E-state index is -0.422. The van der Waals surface area contributed by atoms with Crippen LogP contribution in [-0.4, -0.2) is 24.0 Å². The molecule has 0 fully saturated rings. The summed E-state index contributed by atoms with van der Waals surface area (Å²) >= 11 is 1.11. The van der Waals surface area contributed by atoms with E-state index in [-0.39, 0.29) is 5.91 Å². The molecule has 8 heteroatoms. The van der Waals surface area contributed by atoms with Crippen LogP contribution in [0.15, 0.2) is 54.6 Å². The minimum absolute atomic E-state index is 0.297. The minimum Gasteiger partial charge on any atom is -0.497 e. The number of nitrogens with one attached hydrogen (secondary N) is 3. The summed E-state index contributed by atoms with van der Waals surface area (Å²) in [6, 6.07) is 15.7. The number of hydrogen-bond acceptors (Lipinski definition) is 5. The first-order valence-corrected chi connectivity index (χ1v) is 8.92. The molecule has 1 heterocycles. The van der Waals surface area contributed by atoms with Gasteiger partial charge in [-0.3, -0.25) is 10.1 Å². The Balaban J connectivity index is 1.66. The fourth-order valence-electron chi connectivity index (χ4n) is 2.33. The normalized spacial score (nSPS) is 10.1. The Hall–Kier alpha value is -3.39. The number of ether oxygens (including phenoxy) is 1. The highest BCUT2D eigenvalue weighted by molar-refractivity contribution is 7.17. The summed E-state index contributed by atoms with van der Waals surface area (Å²) in [5, 5.41) is 8.50. The summed E-state index contributed by atoms with van der Waals surface area (Å²) in [4.78, 5) is 29.3. The zero-order valence-electron chi connectivity index (χ0n) is 14.8. The number of aromatic nitrogens is 1. The Kier molecular flexibility index (Phi) is 5.68. The van der Waals surface area contributed by atoms with Crippen LogP contribution in [0, 0.1) is 6.92 Å². The highest BCUT2D eigenvalue weighted by atomic mass is 32.1. The molecule has 0 aliphatic heterocycles. The van der Waals surface area contributed by atoms with Gasteiger partial charge in [0.1, 0.15) is 10.6 Å². The van der Waals surface area contributed by atoms with Gasteiger partial charge in [-0.15, -0.1) is 0 Å². The van der Waals surface area contributed by atoms with E-state index < -0.39 is 6.03 Å². The van der Waals surface area contributed by atoms with Crippen molar-refractivity contribution in [3.63, 3.8) is 0 Å². The van der Waals surface area contributed by atoms with E-state index >= 15 is 0 Å². The van der Waals surface area contributed by atoms with Gasteiger partial charge in [-0.25, -0.2) is 9.78 Å². The van der Waals surface area contributed by atoms with Crippen LogP contribution in [0.4, 0.5) is 21.3 Å². The van der Waals surface area contributed by atoms with Gasteiger partial charge >= 0.3 is 6.03 Å². The first kappa shape index (κ1) is 18.4. The molecule has 3 amide bonds. The second-order valence-corrected chi connectivity index (χ2v) is 6.56. The van der Waals surface area contributed by atoms with E-state index in [0.717, 1.165) is 11.3 Å². The molecule has 1 aromatic heterocycles. The first-order valence-electron chi connectivity index (χ1n) is 8.11. The number of para-hydroxylation sites is 1. The monoisotopic (exact) mass is 382 g/mol. The van der Waals surface area contributed by atoms with Crippen molar-refractivity contribution < 1.29 is 14.3 Å². The Labute approximate surface area is 160 Å². The van der Waals surface area contributed by atoms with Crippen molar-refractivity contribution in [2.24, 2.45) is 0 Å². The molecule has 7 nitrogen and oxygen atoms in total. The molecule has 0 radical (unpaired) electrons. The number of hydrogen-bond donors (Lipinski definition) is 3. The predicted octanol–water partition coefficient (Wildman–Crippen LogP) is 4.36. The summed E-state index contributed by atoms with van der Waals surface area (Å²) in [6.45, 7) is 1.72. The van der Waals surface area contributed by atoms with Crippen molar-refractivity contribution in [1.82, 2.24) is 4.98 Å². The van der Waals surface area contributed by atoms with Gasteiger partial charge in [0.2, 0.25) is 0 Å². The standard InChI is InChI=1S/C19H18N4O3S/c1-12-16(17(24)21-14-9-6-10-15(11-14)26-2)27-19(20-12)23-18(25)22-13-7-4-3-5-8-13/h3-11H,1-2H3,(H,21,24)(H2,20,22,23,25). The van der Waals surface area contributed by atoms with Crippen LogP contribution in [0.2, 0.25) is 0 Å². The third-order valence-corrected chi connectivity index (χ3v) is 4.65. The van der Waals surface area contributed by atoms with E-state index in [1.807, 2.05) is 18.2 Å². The van der Waals surface area contributed by atoms with E-state index in [1.54, 1.807) is 50.4 Å². The first-order chi connectivity index (χ1) is 13.0. The number of thiazole rings is 1. The Morgan fingerprint density at radius 2 is 1.70 bits per heavy atom. The number of anilines is 3. The number of nitrogens with zero attached hydrogens (tertiary/aromatic N) is 1. The molecule has 0 unspecified atom stereocenters. The molecule has 3 rings (SSSR count). The fourth-order valence-corrected chi connectivity index (χ4v) is 3.19. The number of amides is 3. The lowest BCUT2D eigenvalue weighted by atomic mass is 10.3.